The van der Waals surface area contributed by atoms with E-state index in [0.29, 0.717) is 24.2 Å². The van der Waals surface area contributed by atoms with Gasteiger partial charge in [0, 0.05) is 5.41 Å². The molecule has 0 bridgehead atoms. The molecule has 0 aromatic heterocycles. The number of carboxylic acid groups (broad SMARTS) is 1. The molecule has 0 unspecified atom stereocenters. The molecule has 0 heterocycles. The van der Waals surface area contributed by atoms with Crippen molar-refractivity contribution >= 4 is 23.5 Å². The van der Waals surface area contributed by atoms with Crippen molar-refractivity contribution in [2.24, 2.45) is 45.6 Å². The van der Waals surface area contributed by atoms with E-state index in [-0.39, 0.29) is 29.3 Å². The van der Waals surface area contributed by atoms with Gasteiger partial charge in [-0.3, -0.25) is 9.59 Å². The Morgan fingerprint density at radius 1 is 1.02 bits per heavy atom. The summed E-state index contributed by atoms with van der Waals surface area (Å²) in [4.78, 5) is 42.3. The highest BCUT2D eigenvalue weighted by molar-refractivity contribution is 5.96. The molecule has 4 N–H and O–H groups in total. The van der Waals surface area contributed by atoms with E-state index in [0.717, 1.165) is 50.7 Å². The van der Waals surface area contributed by atoms with Crippen molar-refractivity contribution in [3.05, 3.63) is 11.6 Å². The second-order valence-electron chi connectivity index (χ2n) is 14.2. The molecule has 0 aliphatic heterocycles. The molecule has 9 heteroatoms. The van der Waals surface area contributed by atoms with Crippen molar-refractivity contribution in [2.45, 2.75) is 111 Å². The van der Waals surface area contributed by atoms with Crippen molar-refractivity contribution in [1.29, 1.82) is 0 Å². The Kier molecular flexibility index (Phi) is 9.18. The molecule has 9 nitrogen and oxygen atoms in total. The zero-order valence-corrected chi connectivity index (χ0v) is 26.0. The molecule has 4 aliphatic carbocycles. The fraction of sp³-hybridized carbons (Fsp3) is 0.758. The minimum Gasteiger partial charge on any atom is -0.480 e. The van der Waals surface area contributed by atoms with Gasteiger partial charge in [-0.25, -0.2) is 4.79 Å². The normalized spacial score (nSPS) is 36.1. The molecule has 3 fully saturated rings. The van der Waals surface area contributed by atoms with Crippen LogP contribution in [0.5, 0.6) is 0 Å². The molecule has 3 saturated carbocycles. The lowest BCUT2D eigenvalue weighted by atomic mass is 9.46. The van der Waals surface area contributed by atoms with E-state index >= 15 is 0 Å². The number of fused-ring (bicyclic) bond motifs is 5. The van der Waals surface area contributed by atoms with Gasteiger partial charge in [0.1, 0.15) is 17.7 Å². The number of terminal acetylenes is 1. The molecule has 8 atom stereocenters. The second kappa shape index (κ2) is 12.0. The Morgan fingerprint density at radius 2 is 1.69 bits per heavy atom. The summed E-state index contributed by atoms with van der Waals surface area (Å²) < 4.78 is 0. The van der Waals surface area contributed by atoms with Gasteiger partial charge in [-0.1, -0.05) is 58.2 Å². The van der Waals surface area contributed by atoms with Crippen LogP contribution in [0.1, 0.15) is 92.9 Å². The highest BCUT2D eigenvalue weighted by atomic mass is 16.6. The predicted octanol–water partition coefficient (Wildman–Crippen LogP) is 4.05. The Balaban J connectivity index is 1.36. The number of amides is 2. The van der Waals surface area contributed by atoms with E-state index < -0.39 is 35.5 Å². The van der Waals surface area contributed by atoms with Crippen LogP contribution in [0.3, 0.4) is 0 Å². The molecular formula is C33H49N3O6. The van der Waals surface area contributed by atoms with Crippen LogP contribution in [0.2, 0.25) is 0 Å². The number of hydrogen-bond donors (Lipinski definition) is 4. The van der Waals surface area contributed by atoms with E-state index in [2.05, 4.69) is 41.6 Å². The largest absolute Gasteiger partial charge is 0.480 e. The molecule has 232 valence electrons. The van der Waals surface area contributed by atoms with Gasteiger partial charge in [0.05, 0.1) is 5.71 Å². The topological polar surface area (TPSA) is 137 Å². The summed E-state index contributed by atoms with van der Waals surface area (Å²) in [6.07, 6.45) is 15.5. The lowest BCUT2D eigenvalue weighted by Crippen LogP contribution is -2.55. The monoisotopic (exact) mass is 583 g/mol. The van der Waals surface area contributed by atoms with Crippen LogP contribution in [0.4, 0.5) is 0 Å². The lowest BCUT2D eigenvalue weighted by Gasteiger charge is -2.58. The zero-order chi connectivity index (χ0) is 31.0. The first-order valence-electron chi connectivity index (χ1n) is 15.6. The van der Waals surface area contributed by atoms with E-state index in [9.17, 15) is 24.6 Å². The standard InChI is InChI=1S/C33H49N3O6/c1-8-33(41)16-13-25-23-10-9-21-17-22(11-14-31(21,6)24(23)12-15-32(25,33)7)36-42-18-26(37)34-27(19(2)3)29(38)35-28(20(4)5)30(39)40/h1,17,19-20,23-25,27-28,41H,9-16,18H2,2-7H3,(H,34,37)(H,35,38)(H,39,40)/b36-22-/t23-,24+,25+,27+,28+,31+,32+,33-/m1/s1. The summed E-state index contributed by atoms with van der Waals surface area (Å²) in [6.45, 7) is 11.3. The van der Waals surface area contributed by atoms with Crippen molar-refractivity contribution in [2.75, 3.05) is 6.61 Å². The van der Waals surface area contributed by atoms with Gasteiger partial charge in [-0.05, 0) is 92.4 Å². The molecular weight excluding hydrogens is 534 g/mol. The number of rotatable bonds is 9. The maximum Gasteiger partial charge on any atom is 0.326 e. The molecule has 0 spiro atoms. The number of aliphatic carboxylic acids is 1. The average Bonchev–Trinajstić information content (AvgIpc) is 3.20. The summed E-state index contributed by atoms with van der Waals surface area (Å²) in [5, 5.41) is 30.1. The van der Waals surface area contributed by atoms with Gasteiger partial charge in [0.25, 0.3) is 5.91 Å². The minimum absolute atomic E-state index is 0.0825. The van der Waals surface area contributed by atoms with Gasteiger partial charge in [0.15, 0.2) is 6.61 Å². The van der Waals surface area contributed by atoms with Crippen LogP contribution in [0.15, 0.2) is 16.8 Å². The fourth-order valence-electron chi connectivity index (χ4n) is 8.58. The van der Waals surface area contributed by atoms with Crippen molar-refractivity contribution in [3.8, 4) is 12.3 Å². The number of aliphatic hydroxyl groups is 1. The summed E-state index contributed by atoms with van der Waals surface area (Å²) in [5.41, 5.74) is 1.09. The summed E-state index contributed by atoms with van der Waals surface area (Å²) in [6, 6.07) is -1.93. The average molecular weight is 584 g/mol. The molecule has 0 aromatic rings. The predicted molar refractivity (Wildman–Crippen MR) is 160 cm³/mol. The Bertz CT molecular complexity index is 1190. The number of carboxylic acids is 1. The van der Waals surface area contributed by atoms with Crippen LogP contribution >= 0.6 is 0 Å². The van der Waals surface area contributed by atoms with E-state index in [1.165, 1.54) is 5.57 Å². The van der Waals surface area contributed by atoms with Crippen LogP contribution in [0, 0.1) is 52.8 Å². The van der Waals surface area contributed by atoms with Crippen LogP contribution in [-0.4, -0.2) is 58.0 Å². The second-order valence-corrected chi connectivity index (χ2v) is 14.2. The van der Waals surface area contributed by atoms with Gasteiger partial charge in [-0.15, -0.1) is 6.42 Å². The molecule has 42 heavy (non-hydrogen) atoms. The minimum atomic E-state index is -1.12. The number of hydrogen-bond acceptors (Lipinski definition) is 6. The molecule has 0 aromatic carbocycles. The fourth-order valence-corrected chi connectivity index (χ4v) is 8.58. The first kappa shape index (κ1) is 32.1. The molecule has 0 radical (unpaired) electrons. The number of carbonyl (C=O) groups is 3. The van der Waals surface area contributed by atoms with E-state index in [1.54, 1.807) is 27.7 Å². The third-order valence-electron chi connectivity index (χ3n) is 11.2. The number of allylic oxidation sites excluding steroid dienone is 2. The third kappa shape index (κ3) is 5.71. The highest BCUT2D eigenvalue weighted by Crippen LogP contribution is 2.67. The summed E-state index contributed by atoms with van der Waals surface area (Å²) in [5.74, 6) is 1.62. The Morgan fingerprint density at radius 3 is 2.31 bits per heavy atom. The van der Waals surface area contributed by atoms with E-state index in [4.69, 9.17) is 11.3 Å². The summed E-state index contributed by atoms with van der Waals surface area (Å²) in [7, 11) is 0. The Hall–Kier alpha value is -2.86. The lowest BCUT2D eigenvalue weighted by molar-refractivity contribution is -0.143. The smallest absolute Gasteiger partial charge is 0.326 e. The summed E-state index contributed by atoms with van der Waals surface area (Å²) >= 11 is 0. The quantitative estimate of drug-likeness (QED) is 0.239. The van der Waals surface area contributed by atoms with Crippen LogP contribution in [0.25, 0.3) is 0 Å². The maximum atomic E-state index is 12.8. The van der Waals surface area contributed by atoms with Crippen molar-refractivity contribution in [1.82, 2.24) is 10.6 Å². The first-order chi connectivity index (χ1) is 19.7. The van der Waals surface area contributed by atoms with Crippen LogP contribution < -0.4 is 10.6 Å². The number of carbonyl (C=O) groups excluding carboxylic acids is 2. The van der Waals surface area contributed by atoms with Crippen LogP contribution in [-0.2, 0) is 19.2 Å². The van der Waals surface area contributed by atoms with Crippen molar-refractivity contribution in [3.63, 3.8) is 0 Å². The number of nitrogens with zero attached hydrogens (tertiary/aromatic N) is 1. The molecule has 4 rings (SSSR count). The molecule has 2 amide bonds. The van der Waals surface area contributed by atoms with Crippen molar-refractivity contribution < 1.29 is 29.4 Å². The SMILES string of the molecule is C#C[C@@]1(O)CC[C@H]2[C@@H]3CCC4=C/C(=N\OCC(=O)N[C@H](C(=O)N[C@H](C(=O)O)C(C)C)C(C)C)CC[C@]4(C)[C@H]3CC[C@@]21C. The van der Waals surface area contributed by atoms with Gasteiger partial charge in [-0.2, -0.15) is 0 Å². The zero-order valence-electron chi connectivity index (χ0n) is 26.0. The first-order valence-corrected chi connectivity index (χ1v) is 15.6. The number of nitrogens with one attached hydrogen (secondary N) is 2. The third-order valence-corrected chi connectivity index (χ3v) is 11.2. The van der Waals surface area contributed by atoms with Gasteiger partial charge in [0.2, 0.25) is 5.91 Å². The van der Waals surface area contributed by atoms with Gasteiger partial charge < -0.3 is 25.7 Å². The van der Waals surface area contributed by atoms with Gasteiger partial charge >= 0.3 is 5.97 Å². The number of oxime groups is 1. The molecule has 0 saturated heterocycles. The maximum absolute atomic E-state index is 12.8. The Labute approximate surface area is 250 Å². The highest BCUT2D eigenvalue weighted by Gasteiger charge is 2.63. The van der Waals surface area contributed by atoms with E-state index in [1.807, 2.05) is 0 Å². The molecule has 4 aliphatic rings.